The van der Waals surface area contributed by atoms with Crippen molar-refractivity contribution in [2.45, 2.75) is 103 Å². The van der Waals surface area contributed by atoms with E-state index in [1.54, 1.807) is 71.9 Å². The topological polar surface area (TPSA) is 242 Å². The number of nitrogens with one attached hydrogen (secondary N) is 2. The fraction of sp³-hybridized carbons (Fsp3) is 0.466. The average Bonchev–Trinajstić information content (AvgIpc) is 3.49. The molecule has 3 N–H and O–H groups in total. The molecular formula is C58H73N5O15S. The summed E-state index contributed by atoms with van der Waals surface area (Å²) >= 11 is 0. The fourth-order valence-corrected chi connectivity index (χ4v) is 10.5. The number of esters is 1. The molecule has 0 unspecified atom stereocenters. The molecule has 2 aliphatic heterocycles. The summed E-state index contributed by atoms with van der Waals surface area (Å²) in [5.74, 6) is -0.972. The van der Waals surface area contributed by atoms with E-state index in [4.69, 9.17) is 33.2 Å². The van der Waals surface area contributed by atoms with Gasteiger partial charge < -0.3 is 53.5 Å². The Balaban J connectivity index is 0.783. The number of phenols is 1. The molecule has 79 heavy (non-hydrogen) atoms. The minimum Gasteiger partial charge on any atom is -0.504 e. The van der Waals surface area contributed by atoms with Gasteiger partial charge in [-0.1, -0.05) is 45.0 Å². The smallest absolute Gasteiger partial charge is 0.416 e. The maximum atomic E-state index is 14.1. The van der Waals surface area contributed by atoms with Gasteiger partial charge in [-0.2, -0.15) is 4.31 Å². The van der Waals surface area contributed by atoms with Crippen LogP contribution >= 0.6 is 0 Å². The molecule has 3 heterocycles. The van der Waals surface area contributed by atoms with Crippen LogP contribution in [0.5, 0.6) is 17.2 Å². The number of amides is 3. The lowest BCUT2D eigenvalue weighted by molar-refractivity contribution is -0.155. The number of anilines is 2. The third kappa shape index (κ3) is 15.8. The first kappa shape index (κ1) is 59.6. The van der Waals surface area contributed by atoms with E-state index in [0.717, 1.165) is 5.56 Å². The van der Waals surface area contributed by atoms with Gasteiger partial charge in [0.2, 0.25) is 15.5 Å². The number of aromatic amines is 1. The predicted molar refractivity (Wildman–Crippen MR) is 297 cm³/mol. The highest BCUT2D eigenvalue weighted by Gasteiger charge is 2.39. The Bertz CT molecular complexity index is 3150. The summed E-state index contributed by atoms with van der Waals surface area (Å²) in [5.41, 5.74) is 0.275. The summed E-state index contributed by atoms with van der Waals surface area (Å²) in [6, 6.07) is 21.8. The van der Waals surface area contributed by atoms with E-state index >= 15 is 0 Å². The number of carbonyl (C=O) groups excluding carboxylic acids is 4. The molecule has 3 amide bonds. The van der Waals surface area contributed by atoms with Crippen LogP contribution in [0.1, 0.15) is 113 Å². The minimum atomic E-state index is -4.03. The Kier molecular flexibility index (Phi) is 19.2. The highest BCUT2D eigenvalue weighted by Crippen LogP contribution is 2.40. The van der Waals surface area contributed by atoms with Gasteiger partial charge in [0.15, 0.2) is 11.5 Å². The Morgan fingerprint density at radius 2 is 1.34 bits per heavy atom. The summed E-state index contributed by atoms with van der Waals surface area (Å²) in [7, 11) is -4.03. The zero-order valence-electron chi connectivity index (χ0n) is 46.5. The lowest BCUT2D eigenvalue weighted by atomic mass is 9.85. The van der Waals surface area contributed by atoms with Crippen molar-refractivity contribution in [3.63, 3.8) is 0 Å². The highest BCUT2D eigenvalue weighted by molar-refractivity contribution is 7.89. The molecule has 1 fully saturated rings. The maximum Gasteiger partial charge on any atom is 0.416 e. The van der Waals surface area contributed by atoms with E-state index in [0.29, 0.717) is 80.4 Å². The number of phenolic OH excluding ortho intramolecular Hbond substituents is 1. The first-order valence-corrected chi connectivity index (χ1v) is 27.8. The van der Waals surface area contributed by atoms with Gasteiger partial charge in [0.05, 0.1) is 55.8 Å². The van der Waals surface area contributed by atoms with Crippen LogP contribution in [0, 0.1) is 0 Å². The SMILES string of the molecule is CC(C)(C)OC(=O)CN1CN(C(=O)OC(C)(C)C)c2cc(S(=O)(=O)N3CCC(c4ccc(OCCOCCOCCOCCOc5cc(C(C)(C)C)c(NC(=O)c6c[nH]c7ccccc7c6=O)cc5O)cc4)CC3)ccc2C1=O. The van der Waals surface area contributed by atoms with E-state index in [2.05, 4.69) is 10.3 Å². The quantitative estimate of drug-likeness (QED) is 0.0462. The third-order valence-corrected chi connectivity index (χ3v) is 14.7. The van der Waals surface area contributed by atoms with E-state index in [-0.39, 0.29) is 72.1 Å². The number of nitrogens with zero attached hydrogens (tertiary/aromatic N) is 3. The third-order valence-electron chi connectivity index (χ3n) is 12.8. The zero-order chi connectivity index (χ0) is 57.3. The highest BCUT2D eigenvalue weighted by atomic mass is 32.2. The molecule has 0 spiro atoms. The molecule has 20 nitrogen and oxygen atoms in total. The number of piperidine rings is 1. The molecule has 0 radical (unpaired) electrons. The predicted octanol–water partition coefficient (Wildman–Crippen LogP) is 8.36. The average molecular weight is 1110 g/mol. The molecule has 1 saturated heterocycles. The van der Waals surface area contributed by atoms with Gasteiger partial charge in [-0.25, -0.2) is 13.2 Å². The van der Waals surface area contributed by atoms with Crippen LogP contribution in [0.4, 0.5) is 16.2 Å². The van der Waals surface area contributed by atoms with Crippen molar-refractivity contribution in [2.24, 2.45) is 0 Å². The summed E-state index contributed by atoms with van der Waals surface area (Å²) in [6.45, 7) is 18.3. The standard InChI is InChI=1S/C58H73N5O15S/c1-56(2,3)45-33-50(49(64)34-47(45)60-53(67)44-35-59-46-13-11-10-12-42(46)52(44)66)76-31-29-74-27-25-72-24-26-73-28-30-75-40-16-14-38(15-17-40)39-20-22-62(23-21-39)79(70,71)41-18-19-43-48(32-41)63(55(69)78-58(7,8)9)37-61(54(43)68)36-51(65)77-57(4,5)6/h10-19,32-35,39,64H,20-31,36-37H2,1-9H3,(H,59,66)(H,60,67). The Labute approximate surface area is 461 Å². The second kappa shape index (κ2) is 25.4. The number of pyridine rings is 1. The number of sulfonamides is 1. The lowest BCUT2D eigenvalue weighted by Gasteiger charge is -2.37. The van der Waals surface area contributed by atoms with E-state index in [1.165, 1.54) is 44.6 Å². The van der Waals surface area contributed by atoms with Gasteiger partial charge in [-0.3, -0.25) is 24.1 Å². The molecule has 0 atom stereocenters. The molecule has 0 bridgehead atoms. The van der Waals surface area contributed by atoms with Gasteiger partial charge in [0.25, 0.3) is 11.8 Å². The maximum absolute atomic E-state index is 14.1. The van der Waals surface area contributed by atoms with Crippen LogP contribution in [0.25, 0.3) is 10.9 Å². The molecular weight excluding hydrogens is 1040 g/mol. The number of fused-ring (bicyclic) bond motifs is 2. The van der Waals surface area contributed by atoms with Crippen molar-refractivity contribution in [1.29, 1.82) is 0 Å². The number of carbonyl (C=O) groups is 4. The number of ether oxygens (including phenoxy) is 7. The number of aromatic nitrogens is 1. The molecule has 7 rings (SSSR count). The second-order valence-electron chi connectivity index (χ2n) is 22.2. The van der Waals surface area contributed by atoms with Crippen molar-refractivity contribution in [3.8, 4) is 17.2 Å². The number of H-pyrrole nitrogens is 1. The number of para-hydroxylation sites is 1. The molecule has 5 aromatic rings. The molecule has 2 aliphatic rings. The van der Waals surface area contributed by atoms with E-state index in [1.807, 2.05) is 45.0 Å². The number of rotatable bonds is 21. The van der Waals surface area contributed by atoms with Gasteiger partial charge in [-0.15, -0.1) is 0 Å². The lowest BCUT2D eigenvalue weighted by Crippen LogP contribution is -2.52. The van der Waals surface area contributed by atoms with Gasteiger partial charge in [0.1, 0.15) is 48.9 Å². The number of hydrogen-bond donors (Lipinski definition) is 3. The van der Waals surface area contributed by atoms with Gasteiger partial charge in [-0.05, 0) is 125 Å². The summed E-state index contributed by atoms with van der Waals surface area (Å²) in [5, 5.41) is 14.0. The molecule has 4 aromatic carbocycles. The fourth-order valence-electron chi connectivity index (χ4n) is 9.00. The van der Waals surface area contributed by atoms with Gasteiger partial charge in [0, 0.05) is 41.9 Å². The normalized spacial score (nSPS) is 14.7. The first-order valence-electron chi connectivity index (χ1n) is 26.3. The van der Waals surface area contributed by atoms with E-state index < -0.39 is 62.5 Å². The largest absolute Gasteiger partial charge is 0.504 e. The van der Waals surface area contributed by atoms with Gasteiger partial charge >= 0.3 is 12.1 Å². The monoisotopic (exact) mass is 1110 g/mol. The van der Waals surface area contributed by atoms with Crippen molar-refractivity contribution in [3.05, 3.63) is 118 Å². The van der Waals surface area contributed by atoms with Crippen molar-refractivity contribution in [1.82, 2.24) is 14.2 Å². The molecule has 0 saturated carbocycles. The molecule has 426 valence electrons. The van der Waals surface area contributed by atoms with Crippen LogP contribution in [0.3, 0.4) is 0 Å². The summed E-state index contributed by atoms with van der Waals surface area (Å²) in [6.07, 6.45) is 1.74. The van der Waals surface area contributed by atoms with Crippen LogP contribution in [0.2, 0.25) is 0 Å². The number of hydrogen-bond acceptors (Lipinski definition) is 15. The Hall–Kier alpha value is -7.04. The van der Waals surface area contributed by atoms with Crippen LogP contribution in [-0.4, -0.2) is 142 Å². The number of benzene rings is 4. The Morgan fingerprint density at radius 3 is 1.96 bits per heavy atom. The zero-order valence-corrected chi connectivity index (χ0v) is 47.3. The van der Waals surface area contributed by atoms with Crippen LogP contribution < -0.4 is 25.1 Å². The van der Waals surface area contributed by atoms with Crippen molar-refractivity contribution >= 4 is 56.2 Å². The van der Waals surface area contributed by atoms with Crippen molar-refractivity contribution < 1.29 is 65.9 Å². The van der Waals surface area contributed by atoms with E-state index in [9.17, 15) is 37.5 Å². The Morgan fingerprint density at radius 1 is 0.734 bits per heavy atom. The number of aromatic hydroxyl groups is 1. The molecule has 21 heteroatoms. The van der Waals surface area contributed by atoms with Crippen LogP contribution in [-0.2, 0) is 43.9 Å². The first-order chi connectivity index (χ1) is 37.3. The molecule has 1 aromatic heterocycles. The summed E-state index contributed by atoms with van der Waals surface area (Å²) < 4.78 is 69.3. The second-order valence-corrected chi connectivity index (χ2v) is 24.2. The summed E-state index contributed by atoms with van der Waals surface area (Å²) in [4.78, 5) is 71.4. The van der Waals surface area contributed by atoms with Crippen LogP contribution in [0.15, 0.2) is 94.7 Å². The van der Waals surface area contributed by atoms with Crippen molar-refractivity contribution in [2.75, 3.05) is 89.4 Å². The minimum absolute atomic E-state index is 0.0493. The molecule has 0 aliphatic carbocycles.